The van der Waals surface area contributed by atoms with Gasteiger partial charge in [0.25, 0.3) is 0 Å². The van der Waals surface area contributed by atoms with Crippen molar-refractivity contribution in [2.24, 2.45) is 0 Å². The molecule has 1 rings (SSSR count). The molecular weight excluding hydrogens is 212 g/mol. The minimum Gasteiger partial charge on any atom is -0.355 e. The molecule has 1 amide bonds. The van der Waals surface area contributed by atoms with Crippen LogP contribution in [0.5, 0.6) is 0 Å². The molecule has 0 aliphatic rings. The van der Waals surface area contributed by atoms with Gasteiger partial charge in [-0.3, -0.25) is 4.79 Å². The zero-order chi connectivity index (χ0) is 12.7. The number of hydrogen-bond donors (Lipinski definition) is 2. The van der Waals surface area contributed by atoms with Gasteiger partial charge in [-0.25, -0.2) is 0 Å². The van der Waals surface area contributed by atoms with E-state index in [1.165, 1.54) is 5.56 Å². The van der Waals surface area contributed by atoms with Crippen LogP contribution in [0.3, 0.4) is 0 Å². The van der Waals surface area contributed by atoms with Gasteiger partial charge in [-0.2, -0.15) is 0 Å². The standard InChI is InChI=1S/C14H22N2O/c1-4-15-14(17)12(3)16-10-11(2)13-8-6-5-7-9-13/h5-9,11-12,16H,4,10H2,1-3H3,(H,15,17). The topological polar surface area (TPSA) is 41.1 Å². The molecule has 3 heteroatoms. The number of likely N-dealkylation sites (N-methyl/N-ethyl adjacent to an activating group) is 1. The molecular formula is C14H22N2O. The molecule has 1 aromatic carbocycles. The second-order valence-electron chi connectivity index (χ2n) is 4.34. The first-order valence-electron chi connectivity index (χ1n) is 6.21. The van der Waals surface area contributed by atoms with Gasteiger partial charge in [0.05, 0.1) is 6.04 Å². The van der Waals surface area contributed by atoms with Crippen molar-refractivity contribution in [3.8, 4) is 0 Å². The van der Waals surface area contributed by atoms with Crippen molar-refractivity contribution in [3.05, 3.63) is 35.9 Å². The van der Waals surface area contributed by atoms with Crippen LogP contribution in [0.25, 0.3) is 0 Å². The Kier molecular flexibility index (Phi) is 5.70. The molecule has 3 nitrogen and oxygen atoms in total. The highest BCUT2D eigenvalue weighted by atomic mass is 16.2. The average Bonchev–Trinajstić information content (AvgIpc) is 2.36. The molecule has 94 valence electrons. The van der Waals surface area contributed by atoms with E-state index in [0.717, 1.165) is 6.54 Å². The maximum absolute atomic E-state index is 11.5. The SMILES string of the molecule is CCNC(=O)C(C)NCC(C)c1ccccc1. The van der Waals surface area contributed by atoms with Gasteiger partial charge in [0.15, 0.2) is 0 Å². The van der Waals surface area contributed by atoms with Crippen molar-refractivity contribution < 1.29 is 4.79 Å². The summed E-state index contributed by atoms with van der Waals surface area (Å²) in [5.41, 5.74) is 1.29. The van der Waals surface area contributed by atoms with Gasteiger partial charge in [-0.15, -0.1) is 0 Å². The summed E-state index contributed by atoms with van der Waals surface area (Å²) in [5.74, 6) is 0.473. The molecule has 0 saturated carbocycles. The molecule has 0 aromatic heterocycles. The second-order valence-corrected chi connectivity index (χ2v) is 4.34. The van der Waals surface area contributed by atoms with Gasteiger partial charge >= 0.3 is 0 Å². The smallest absolute Gasteiger partial charge is 0.236 e. The lowest BCUT2D eigenvalue weighted by molar-refractivity contribution is -0.122. The number of rotatable bonds is 6. The third-order valence-electron chi connectivity index (χ3n) is 2.84. The Morgan fingerprint density at radius 2 is 1.88 bits per heavy atom. The van der Waals surface area contributed by atoms with Gasteiger partial charge in [0.2, 0.25) is 5.91 Å². The maximum atomic E-state index is 11.5. The van der Waals surface area contributed by atoms with Crippen LogP contribution in [0, 0.1) is 0 Å². The van der Waals surface area contributed by atoms with Crippen LogP contribution in [0.15, 0.2) is 30.3 Å². The molecule has 17 heavy (non-hydrogen) atoms. The Labute approximate surface area is 104 Å². The molecule has 0 saturated heterocycles. The molecule has 2 N–H and O–H groups in total. The summed E-state index contributed by atoms with van der Waals surface area (Å²) in [6.07, 6.45) is 0. The van der Waals surface area contributed by atoms with Crippen molar-refractivity contribution in [1.82, 2.24) is 10.6 Å². The predicted octanol–water partition coefficient (Wildman–Crippen LogP) is 1.90. The van der Waals surface area contributed by atoms with Crippen LogP contribution < -0.4 is 10.6 Å². The molecule has 2 atom stereocenters. The Morgan fingerprint density at radius 3 is 2.47 bits per heavy atom. The van der Waals surface area contributed by atoms with Crippen LogP contribution in [0.1, 0.15) is 32.3 Å². The Morgan fingerprint density at radius 1 is 1.24 bits per heavy atom. The molecule has 0 spiro atoms. The Bertz CT molecular complexity index is 337. The first kappa shape index (κ1) is 13.7. The van der Waals surface area contributed by atoms with Gasteiger partial charge < -0.3 is 10.6 Å². The number of hydrogen-bond acceptors (Lipinski definition) is 2. The fourth-order valence-corrected chi connectivity index (χ4v) is 1.67. The quantitative estimate of drug-likeness (QED) is 0.789. The van der Waals surface area contributed by atoms with E-state index in [4.69, 9.17) is 0 Å². The molecule has 0 heterocycles. The van der Waals surface area contributed by atoms with E-state index in [1.807, 2.05) is 32.0 Å². The summed E-state index contributed by atoms with van der Waals surface area (Å²) >= 11 is 0. The summed E-state index contributed by atoms with van der Waals surface area (Å²) in [5, 5.41) is 6.06. The minimum absolute atomic E-state index is 0.0627. The average molecular weight is 234 g/mol. The number of benzene rings is 1. The molecule has 0 aliphatic carbocycles. The van der Waals surface area contributed by atoms with Crippen molar-refractivity contribution in [3.63, 3.8) is 0 Å². The molecule has 0 fully saturated rings. The number of carbonyl (C=O) groups is 1. The van der Waals surface area contributed by atoms with Crippen molar-refractivity contribution in [2.75, 3.05) is 13.1 Å². The molecule has 0 aliphatic heterocycles. The van der Waals surface area contributed by atoms with Gasteiger partial charge in [0, 0.05) is 13.1 Å². The predicted molar refractivity (Wildman–Crippen MR) is 71.0 cm³/mol. The highest BCUT2D eigenvalue weighted by Crippen LogP contribution is 2.13. The Balaban J connectivity index is 2.38. The van der Waals surface area contributed by atoms with Crippen molar-refractivity contribution >= 4 is 5.91 Å². The number of carbonyl (C=O) groups excluding carboxylic acids is 1. The second kappa shape index (κ2) is 7.07. The number of nitrogens with one attached hydrogen (secondary N) is 2. The van der Waals surface area contributed by atoms with Crippen LogP contribution in [0.4, 0.5) is 0 Å². The monoisotopic (exact) mass is 234 g/mol. The van der Waals surface area contributed by atoms with Gasteiger partial charge in [-0.1, -0.05) is 37.3 Å². The lowest BCUT2D eigenvalue weighted by Gasteiger charge is -2.17. The third kappa shape index (κ3) is 4.57. The summed E-state index contributed by atoms with van der Waals surface area (Å²) < 4.78 is 0. The highest BCUT2D eigenvalue weighted by molar-refractivity contribution is 5.81. The van der Waals surface area contributed by atoms with E-state index in [0.29, 0.717) is 12.5 Å². The molecule has 1 aromatic rings. The van der Waals surface area contributed by atoms with E-state index in [-0.39, 0.29) is 11.9 Å². The van der Waals surface area contributed by atoms with Crippen LogP contribution in [-0.4, -0.2) is 25.0 Å². The van der Waals surface area contributed by atoms with E-state index in [1.54, 1.807) is 0 Å². The van der Waals surface area contributed by atoms with Crippen LogP contribution in [-0.2, 0) is 4.79 Å². The fraction of sp³-hybridized carbons (Fsp3) is 0.500. The van der Waals surface area contributed by atoms with Gasteiger partial charge in [0.1, 0.15) is 0 Å². The summed E-state index contributed by atoms with van der Waals surface area (Å²) in [6, 6.07) is 10.2. The van der Waals surface area contributed by atoms with E-state index < -0.39 is 0 Å². The van der Waals surface area contributed by atoms with E-state index in [2.05, 4.69) is 29.7 Å². The summed E-state index contributed by atoms with van der Waals surface area (Å²) in [7, 11) is 0. The minimum atomic E-state index is -0.138. The van der Waals surface area contributed by atoms with Crippen molar-refractivity contribution in [2.45, 2.75) is 32.7 Å². The molecule has 0 radical (unpaired) electrons. The zero-order valence-electron chi connectivity index (χ0n) is 10.9. The highest BCUT2D eigenvalue weighted by Gasteiger charge is 2.12. The summed E-state index contributed by atoms with van der Waals surface area (Å²) in [6.45, 7) is 7.47. The first-order chi connectivity index (χ1) is 8.15. The van der Waals surface area contributed by atoms with E-state index >= 15 is 0 Å². The molecule has 0 bridgehead atoms. The maximum Gasteiger partial charge on any atom is 0.236 e. The van der Waals surface area contributed by atoms with E-state index in [9.17, 15) is 4.79 Å². The van der Waals surface area contributed by atoms with Crippen LogP contribution >= 0.6 is 0 Å². The summed E-state index contributed by atoms with van der Waals surface area (Å²) in [4.78, 5) is 11.5. The van der Waals surface area contributed by atoms with Gasteiger partial charge in [-0.05, 0) is 25.3 Å². The number of amides is 1. The molecule has 2 unspecified atom stereocenters. The van der Waals surface area contributed by atoms with Crippen LogP contribution in [0.2, 0.25) is 0 Å². The normalized spacial score (nSPS) is 14.1. The first-order valence-corrected chi connectivity index (χ1v) is 6.21. The Hall–Kier alpha value is -1.35. The zero-order valence-corrected chi connectivity index (χ0v) is 10.9. The third-order valence-corrected chi connectivity index (χ3v) is 2.84. The lowest BCUT2D eigenvalue weighted by atomic mass is 10.0. The van der Waals surface area contributed by atoms with Crippen molar-refractivity contribution in [1.29, 1.82) is 0 Å². The fourth-order valence-electron chi connectivity index (χ4n) is 1.67. The lowest BCUT2D eigenvalue weighted by Crippen LogP contribution is -2.43. The largest absolute Gasteiger partial charge is 0.355 e.